The van der Waals surface area contributed by atoms with E-state index in [-0.39, 0.29) is 11.6 Å². The summed E-state index contributed by atoms with van der Waals surface area (Å²) in [5.74, 6) is 0.765. The molecule has 1 aliphatic heterocycles. The number of hydrogen-bond donors (Lipinski definition) is 0. The first kappa shape index (κ1) is 24.5. The quantitative estimate of drug-likeness (QED) is 0.222. The number of allylic oxidation sites excluding steroid dienone is 1. The third kappa shape index (κ3) is 4.54. The van der Waals surface area contributed by atoms with Crippen LogP contribution in [0.4, 0.5) is 0 Å². The number of fused-ring (bicyclic) bond motifs is 3. The highest BCUT2D eigenvalue weighted by atomic mass is 79.9. The van der Waals surface area contributed by atoms with Gasteiger partial charge < -0.3 is 4.74 Å². The lowest BCUT2D eigenvalue weighted by molar-refractivity contribution is 0.304. The van der Waals surface area contributed by atoms with Gasteiger partial charge in [0.1, 0.15) is 12.4 Å². The van der Waals surface area contributed by atoms with Crippen molar-refractivity contribution in [2.45, 2.75) is 25.5 Å². The molecule has 0 amide bonds. The molecule has 0 saturated heterocycles. The van der Waals surface area contributed by atoms with Crippen molar-refractivity contribution in [2.24, 2.45) is 4.99 Å². The summed E-state index contributed by atoms with van der Waals surface area (Å²) in [6.07, 6.45) is 3.82. The Bertz CT molecular complexity index is 1900. The minimum absolute atomic E-state index is 0.00286. The second-order valence-corrected chi connectivity index (χ2v) is 12.4. The van der Waals surface area contributed by atoms with Crippen LogP contribution in [-0.4, -0.2) is 4.57 Å². The van der Waals surface area contributed by atoms with E-state index in [2.05, 4.69) is 57.7 Å². The third-order valence-electron chi connectivity index (χ3n) is 7.18. The smallest absolute Gasteiger partial charge is 0.271 e. The average Bonchev–Trinajstić information content (AvgIpc) is 3.60. The van der Waals surface area contributed by atoms with Crippen LogP contribution in [0.25, 0.3) is 11.8 Å². The Morgan fingerprint density at radius 3 is 2.67 bits per heavy atom. The molecule has 7 heteroatoms. The van der Waals surface area contributed by atoms with Crippen LogP contribution in [0.2, 0.25) is 0 Å². The Hall–Kier alpha value is -3.52. The van der Waals surface area contributed by atoms with Crippen LogP contribution in [-0.2, 0) is 13.0 Å². The number of aryl methyl sites for hydroxylation is 1. The van der Waals surface area contributed by atoms with Crippen molar-refractivity contribution >= 4 is 50.4 Å². The van der Waals surface area contributed by atoms with Crippen LogP contribution >= 0.6 is 38.6 Å². The highest BCUT2D eigenvalue weighted by molar-refractivity contribution is 9.10. The minimum atomic E-state index is -0.118. The van der Waals surface area contributed by atoms with E-state index < -0.39 is 0 Å². The number of benzene rings is 3. The van der Waals surface area contributed by atoms with Crippen LogP contribution in [0.3, 0.4) is 0 Å². The fourth-order valence-corrected chi connectivity index (χ4v) is 7.69. The highest BCUT2D eigenvalue weighted by Gasteiger charge is 2.33. The number of ether oxygens (including phenoxy) is 1. The van der Waals surface area contributed by atoms with Gasteiger partial charge in [0.25, 0.3) is 5.56 Å². The lowest BCUT2D eigenvalue weighted by Gasteiger charge is -2.30. The van der Waals surface area contributed by atoms with Crippen molar-refractivity contribution in [3.8, 4) is 5.75 Å². The molecular formula is C32H23BrN2O2S2. The summed E-state index contributed by atoms with van der Waals surface area (Å²) in [6.45, 7) is 0.494. The van der Waals surface area contributed by atoms with Crippen molar-refractivity contribution < 1.29 is 4.74 Å². The van der Waals surface area contributed by atoms with E-state index in [0.717, 1.165) is 44.7 Å². The summed E-state index contributed by atoms with van der Waals surface area (Å²) in [7, 11) is 0. The Kier molecular flexibility index (Phi) is 6.43. The van der Waals surface area contributed by atoms with Crippen molar-refractivity contribution in [3.63, 3.8) is 0 Å². The van der Waals surface area contributed by atoms with Gasteiger partial charge in [-0.3, -0.25) is 9.36 Å². The second kappa shape index (κ2) is 10.2. The molecule has 5 aromatic rings. The summed E-state index contributed by atoms with van der Waals surface area (Å²) in [4.78, 5) is 20.9. The lowest BCUT2D eigenvalue weighted by Crippen LogP contribution is -2.38. The SMILES string of the molecule is O=c1/c(=C\c2ccc(OCc3ccccc3)c(Br)c2)sc2n1[C@@H](c1cccs1)C1=C(N=2)c2ccccc2CC1. The zero-order valence-electron chi connectivity index (χ0n) is 20.8. The zero-order chi connectivity index (χ0) is 26.3. The molecule has 0 unspecified atom stereocenters. The van der Waals surface area contributed by atoms with Crippen molar-refractivity contribution in [1.82, 2.24) is 4.57 Å². The van der Waals surface area contributed by atoms with Gasteiger partial charge in [0.15, 0.2) is 4.80 Å². The predicted octanol–water partition coefficient (Wildman–Crippen LogP) is 6.72. The molecule has 7 rings (SSSR count). The summed E-state index contributed by atoms with van der Waals surface area (Å²) < 4.78 is 9.44. The molecule has 3 heterocycles. The van der Waals surface area contributed by atoms with E-state index in [9.17, 15) is 4.79 Å². The maximum absolute atomic E-state index is 13.9. The van der Waals surface area contributed by atoms with Crippen molar-refractivity contribution in [3.05, 3.63) is 147 Å². The first-order valence-electron chi connectivity index (χ1n) is 12.8. The van der Waals surface area contributed by atoms with Crippen molar-refractivity contribution in [1.29, 1.82) is 0 Å². The van der Waals surface area contributed by atoms with Gasteiger partial charge in [-0.2, -0.15) is 0 Å². The lowest BCUT2D eigenvalue weighted by atomic mass is 9.85. The van der Waals surface area contributed by atoms with Crippen LogP contribution in [0.5, 0.6) is 5.75 Å². The molecule has 1 atom stereocenters. The normalized spacial score (nSPS) is 16.3. The number of rotatable bonds is 5. The molecule has 1 aliphatic carbocycles. The van der Waals surface area contributed by atoms with Gasteiger partial charge in [-0.15, -0.1) is 11.3 Å². The van der Waals surface area contributed by atoms with Gasteiger partial charge in [-0.1, -0.05) is 78.1 Å². The summed E-state index contributed by atoms with van der Waals surface area (Å²) in [6, 6.07) is 28.6. The van der Waals surface area contributed by atoms with Gasteiger partial charge in [0, 0.05) is 10.4 Å². The summed E-state index contributed by atoms with van der Waals surface area (Å²) >= 11 is 6.81. The van der Waals surface area contributed by atoms with Crippen LogP contribution < -0.4 is 19.6 Å². The highest BCUT2D eigenvalue weighted by Crippen LogP contribution is 2.42. The minimum Gasteiger partial charge on any atom is -0.488 e. The Balaban J connectivity index is 1.29. The number of thiazole rings is 1. The molecule has 39 heavy (non-hydrogen) atoms. The van der Waals surface area contributed by atoms with E-state index in [1.807, 2.05) is 59.2 Å². The number of halogens is 1. The van der Waals surface area contributed by atoms with Gasteiger partial charge in [0.05, 0.1) is 20.7 Å². The van der Waals surface area contributed by atoms with E-state index in [1.54, 1.807) is 11.3 Å². The first-order valence-corrected chi connectivity index (χ1v) is 15.3. The van der Waals surface area contributed by atoms with Crippen molar-refractivity contribution in [2.75, 3.05) is 0 Å². The molecule has 0 spiro atoms. The van der Waals surface area contributed by atoms with E-state index in [0.29, 0.717) is 11.1 Å². The molecule has 0 bridgehead atoms. The fraction of sp³-hybridized carbons (Fsp3) is 0.125. The molecule has 2 aliphatic rings. The molecule has 0 N–H and O–H groups in total. The zero-order valence-corrected chi connectivity index (χ0v) is 24.1. The number of aromatic nitrogens is 1. The van der Waals surface area contributed by atoms with Gasteiger partial charge in [-0.05, 0) is 80.7 Å². The fourth-order valence-electron chi connectivity index (χ4n) is 5.33. The maximum atomic E-state index is 13.9. The number of thiophene rings is 1. The number of nitrogens with zero attached hydrogens (tertiary/aromatic N) is 2. The Morgan fingerprint density at radius 1 is 1.00 bits per heavy atom. The Morgan fingerprint density at radius 2 is 1.85 bits per heavy atom. The van der Waals surface area contributed by atoms with Gasteiger partial charge >= 0.3 is 0 Å². The molecule has 4 nitrogen and oxygen atoms in total. The second-order valence-electron chi connectivity index (χ2n) is 9.59. The monoisotopic (exact) mass is 610 g/mol. The maximum Gasteiger partial charge on any atom is 0.271 e. The summed E-state index contributed by atoms with van der Waals surface area (Å²) in [5, 5.41) is 2.08. The largest absolute Gasteiger partial charge is 0.488 e. The molecular weight excluding hydrogens is 588 g/mol. The molecule has 0 radical (unpaired) electrons. The molecule has 0 saturated carbocycles. The van der Waals surface area contributed by atoms with Crippen LogP contribution in [0, 0.1) is 0 Å². The Labute approximate surface area is 242 Å². The van der Waals surface area contributed by atoms with E-state index in [1.165, 1.54) is 32.9 Å². The van der Waals surface area contributed by atoms with Gasteiger partial charge in [0.2, 0.25) is 0 Å². The first-order chi connectivity index (χ1) is 19.2. The van der Waals surface area contributed by atoms with E-state index in [4.69, 9.17) is 9.73 Å². The predicted molar refractivity (Wildman–Crippen MR) is 162 cm³/mol. The molecule has 2 aromatic heterocycles. The third-order valence-corrected chi connectivity index (χ3v) is 9.70. The van der Waals surface area contributed by atoms with Gasteiger partial charge in [-0.25, -0.2) is 4.99 Å². The van der Waals surface area contributed by atoms with Crippen LogP contribution in [0.15, 0.2) is 110 Å². The van der Waals surface area contributed by atoms with E-state index >= 15 is 0 Å². The van der Waals surface area contributed by atoms with Crippen LogP contribution in [0.1, 0.15) is 39.6 Å². The topological polar surface area (TPSA) is 43.6 Å². The molecule has 192 valence electrons. The standard InChI is InChI=1S/C32H23BrN2O2S2/c33-25-17-21(12-15-26(25)37-19-20-7-2-1-3-8-20)18-28-31(36)35-30(27-11-6-16-38-27)24-14-13-22-9-4-5-10-23(22)29(24)34-32(35)39-28/h1-12,15-18,30H,13-14,19H2/b28-18+/t30-/m1/s1. The molecule has 3 aromatic carbocycles. The summed E-state index contributed by atoms with van der Waals surface area (Å²) in [5.41, 5.74) is 6.82. The average molecular weight is 612 g/mol. The molecule has 0 fully saturated rings. The number of hydrogen-bond acceptors (Lipinski definition) is 5.